The average molecular weight is 274 g/mol. The van der Waals surface area contributed by atoms with E-state index < -0.39 is 4.92 Å². The van der Waals surface area contributed by atoms with Crippen LogP contribution in [0.4, 0.5) is 5.69 Å². The SMILES string of the molecule is CN(Cc1ccn(C)n1)C(=O)c1ccc([N+](=O)[O-])cc1. The van der Waals surface area contributed by atoms with Gasteiger partial charge >= 0.3 is 0 Å². The summed E-state index contributed by atoms with van der Waals surface area (Å²) < 4.78 is 1.67. The fourth-order valence-corrected chi connectivity index (χ4v) is 1.81. The second-order valence-electron chi connectivity index (χ2n) is 4.45. The van der Waals surface area contributed by atoms with Gasteiger partial charge in [0.25, 0.3) is 11.6 Å². The van der Waals surface area contributed by atoms with Crippen molar-refractivity contribution in [1.82, 2.24) is 14.7 Å². The first-order valence-electron chi connectivity index (χ1n) is 5.96. The second kappa shape index (κ2) is 5.52. The molecule has 1 aromatic carbocycles. The molecule has 7 nitrogen and oxygen atoms in total. The number of nitro groups is 1. The van der Waals surface area contributed by atoms with Crippen LogP contribution in [0, 0.1) is 10.1 Å². The van der Waals surface area contributed by atoms with Crippen LogP contribution in [0.2, 0.25) is 0 Å². The fraction of sp³-hybridized carbons (Fsp3) is 0.231. The molecular weight excluding hydrogens is 260 g/mol. The third kappa shape index (κ3) is 3.00. The van der Waals surface area contributed by atoms with Crippen LogP contribution in [0.5, 0.6) is 0 Å². The van der Waals surface area contributed by atoms with Crippen LogP contribution in [0.3, 0.4) is 0 Å². The van der Waals surface area contributed by atoms with Crippen molar-refractivity contribution in [1.29, 1.82) is 0 Å². The zero-order valence-corrected chi connectivity index (χ0v) is 11.2. The van der Waals surface area contributed by atoms with Gasteiger partial charge < -0.3 is 4.90 Å². The summed E-state index contributed by atoms with van der Waals surface area (Å²) in [6, 6.07) is 7.38. The molecule has 0 saturated carbocycles. The molecule has 1 aromatic heterocycles. The number of benzene rings is 1. The van der Waals surface area contributed by atoms with Crippen LogP contribution >= 0.6 is 0 Å². The average Bonchev–Trinajstić information content (AvgIpc) is 2.83. The minimum absolute atomic E-state index is 0.0334. The molecule has 0 N–H and O–H groups in total. The molecule has 0 aliphatic rings. The number of aromatic nitrogens is 2. The summed E-state index contributed by atoms with van der Waals surface area (Å²) in [4.78, 5) is 23.7. The van der Waals surface area contributed by atoms with Crippen molar-refractivity contribution < 1.29 is 9.72 Å². The van der Waals surface area contributed by atoms with Crippen LogP contribution in [-0.2, 0) is 13.6 Å². The highest BCUT2D eigenvalue weighted by atomic mass is 16.6. The lowest BCUT2D eigenvalue weighted by atomic mass is 10.2. The molecule has 20 heavy (non-hydrogen) atoms. The summed E-state index contributed by atoms with van der Waals surface area (Å²) in [5, 5.41) is 14.8. The molecule has 0 unspecified atom stereocenters. The van der Waals surface area contributed by atoms with Gasteiger partial charge in [0.05, 0.1) is 17.2 Å². The van der Waals surface area contributed by atoms with Crippen LogP contribution in [0.1, 0.15) is 16.1 Å². The fourth-order valence-electron chi connectivity index (χ4n) is 1.81. The molecule has 0 bridgehead atoms. The molecule has 7 heteroatoms. The topological polar surface area (TPSA) is 81.3 Å². The van der Waals surface area contributed by atoms with Crippen molar-refractivity contribution in [3.05, 3.63) is 57.9 Å². The van der Waals surface area contributed by atoms with E-state index in [-0.39, 0.29) is 11.6 Å². The smallest absolute Gasteiger partial charge is 0.269 e. The van der Waals surface area contributed by atoms with E-state index in [0.29, 0.717) is 12.1 Å². The minimum atomic E-state index is -0.494. The molecule has 0 saturated heterocycles. The van der Waals surface area contributed by atoms with E-state index in [1.54, 1.807) is 17.9 Å². The Balaban J connectivity index is 2.08. The van der Waals surface area contributed by atoms with Crippen LogP contribution in [-0.4, -0.2) is 32.6 Å². The maximum absolute atomic E-state index is 12.2. The van der Waals surface area contributed by atoms with Gasteiger partial charge in [0.1, 0.15) is 0 Å². The van der Waals surface area contributed by atoms with Crippen LogP contribution in [0.15, 0.2) is 36.5 Å². The van der Waals surface area contributed by atoms with Gasteiger partial charge in [0, 0.05) is 38.0 Å². The number of nitrogens with zero attached hydrogens (tertiary/aromatic N) is 4. The van der Waals surface area contributed by atoms with Gasteiger partial charge in [0.2, 0.25) is 0 Å². The molecule has 1 heterocycles. The quantitative estimate of drug-likeness (QED) is 0.626. The summed E-state index contributed by atoms with van der Waals surface area (Å²) in [6.07, 6.45) is 1.81. The Morgan fingerprint density at radius 2 is 2.00 bits per heavy atom. The number of nitro benzene ring substituents is 1. The van der Waals surface area contributed by atoms with Crippen molar-refractivity contribution in [2.24, 2.45) is 7.05 Å². The number of amides is 1. The summed E-state index contributed by atoms with van der Waals surface area (Å²) in [5.74, 6) is -0.203. The number of rotatable bonds is 4. The van der Waals surface area contributed by atoms with Crippen molar-refractivity contribution >= 4 is 11.6 Å². The Morgan fingerprint density at radius 3 is 2.50 bits per heavy atom. The molecule has 0 radical (unpaired) electrons. The zero-order valence-electron chi connectivity index (χ0n) is 11.2. The van der Waals surface area contributed by atoms with Crippen molar-refractivity contribution in [2.45, 2.75) is 6.54 Å². The first-order chi connectivity index (χ1) is 9.47. The lowest BCUT2D eigenvalue weighted by molar-refractivity contribution is -0.384. The highest BCUT2D eigenvalue weighted by molar-refractivity contribution is 5.94. The number of non-ortho nitro benzene ring substituents is 1. The van der Waals surface area contributed by atoms with E-state index in [1.165, 1.54) is 29.2 Å². The summed E-state index contributed by atoms with van der Waals surface area (Å²) in [7, 11) is 3.47. The molecule has 0 fully saturated rings. The Labute approximate surface area is 115 Å². The molecule has 2 rings (SSSR count). The molecule has 1 amide bonds. The van der Waals surface area contributed by atoms with E-state index >= 15 is 0 Å². The maximum Gasteiger partial charge on any atom is 0.269 e. The number of carbonyl (C=O) groups excluding carboxylic acids is 1. The van der Waals surface area contributed by atoms with Crippen LogP contribution in [0.25, 0.3) is 0 Å². The van der Waals surface area contributed by atoms with Gasteiger partial charge in [-0.15, -0.1) is 0 Å². The van der Waals surface area contributed by atoms with Gasteiger partial charge in [-0.2, -0.15) is 5.10 Å². The van der Waals surface area contributed by atoms with E-state index in [4.69, 9.17) is 0 Å². The van der Waals surface area contributed by atoms with E-state index in [2.05, 4.69) is 5.10 Å². The van der Waals surface area contributed by atoms with Gasteiger partial charge in [-0.05, 0) is 18.2 Å². The van der Waals surface area contributed by atoms with Gasteiger partial charge in [-0.25, -0.2) is 0 Å². The third-order valence-electron chi connectivity index (χ3n) is 2.84. The monoisotopic (exact) mass is 274 g/mol. The highest BCUT2D eigenvalue weighted by Gasteiger charge is 2.14. The first kappa shape index (κ1) is 13.7. The van der Waals surface area contributed by atoms with Gasteiger partial charge in [0.15, 0.2) is 0 Å². The van der Waals surface area contributed by atoms with Gasteiger partial charge in [-0.3, -0.25) is 19.6 Å². The Bertz CT molecular complexity index is 633. The second-order valence-corrected chi connectivity index (χ2v) is 4.45. The first-order valence-corrected chi connectivity index (χ1v) is 5.96. The third-order valence-corrected chi connectivity index (χ3v) is 2.84. The minimum Gasteiger partial charge on any atom is -0.336 e. The number of aryl methyl sites for hydroxylation is 1. The zero-order chi connectivity index (χ0) is 14.7. The number of carbonyl (C=O) groups is 1. The number of hydrogen-bond donors (Lipinski definition) is 0. The molecule has 0 spiro atoms. The molecular formula is C13H14N4O3. The lowest BCUT2D eigenvalue weighted by Gasteiger charge is -2.15. The highest BCUT2D eigenvalue weighted by Crippen LogP contribution is 2.13. The van der Waals surface area contributed by atoms with Crippen molar-refractivity contribution in [2.75, 3.05) is 7.05 Å². The normalized spacial score (nSPS) is 10.3. The summed E-state index contributed by atoms with van der Waals surface area (Å²) >= 11 is 0. The predicted molar refractivity (Wildman–Crippen MR) is 72.1 cm³/mol. The largest absolute Gasteiger partial charge is 0.336 e. The standard InChI is InChI=1S/C13H14N4O3/c1-15(9-11-7-8-16(2)14-11)13(18)10-3-5-12(6-4-10)17(19)20/h3-8H,9H2,1-2H3. The Kier molecular flexibility index (Phi) is 3.79. The molecule has 0 aliphatic carbocycles. The van der Waals surface area contributed by atoms with Crippen molar-refractivity contribution in [3.63, 3.8) is 0 Å². The number of hydrogen-bond acceptors (Lipinski definition) is 4. The van der Waals surface area contributed by atoms with E-state index in [1.807, 2.05) is 13.1 Å². The Morgan fingerprint density at radius 1 is 1.35 bits per heavy atom. The van der Waals surface area contributed by atoms with Gasteiger partial charge in [-0.1, -0.05) is 0 Å². The molecule has 104 valence electrons. The van der Waals surface area contributed by atoms with Crippen LogP contribution < -0.4 is 0 Å². The Hall–Kier alpha value is -2.70. The summed E-state index contributed by atoms with van der Waals surface area (Å²) in [5.41, 5.74) is 1.16. The predicted octanol–water partition coefficient (Wildman–Crippen LogP) is 1.60. The lowest BCUT2D eigenvalue weighted by Crippen LogP contribution is -2.26. The van der Waals surface area contributed by atoms with Crippen molar-refractivity contribution in [3.8, 4) is 0 Å². The summed E-state index contributed by atoms with van der Waals surface area (Å²) in [6.45, 7) is 0.386. The maximum atomic E-state index is 12.2. The molecule has 2 aromatic rings. The molecule has 0 aliphatic heterocycles. The molecule has 0 atom stereocenters. The van der Waals surface area contributed by atoms with E-state index in [9.17, 15) is 14.9 Å². The van der Waals surface area contributed by atoms with E-state index in [0.717, 1.165) is 5.69 Å².